The lowest BCUT2D eigenvalue weighted by Gasteiger charge is -2.18. The minimum absolute atomic E-state index is 0.186. The fraction of sp³-hybridized carbons (Fsp3) is 0.267. The van der Waals surface area contributed by atoms with Crippen molar-refractivity contribution in [2.24, 2.45) is 7.05 Å². The summed E-state index contributed by atoms with van der Waals surface area (Å²) in [4.78, 5) is 14.8. The van der Waals surface area contributed by atoms with Gasteiger partial charge in [-0.05, 0) is 12.1 Å². The first-order valence-corrected chi connectivity index (χ1v) is 6.88. The molecule has 0 spiro atoms. The molecule has 2 N–H and O–H groups in total. The Bertz CT molecular complexity index is 813. The van der Waals surface area contributed by atoms with Crippen molar-refractivity contribution in [3.8, 4) is 5.88 Å². The molecule has 0 aliphatic carbocycles. The van der Waals surface area contributed by atoms with Crippen LogP contribution < -0.4 is 15.4 Å². The van der Waals surface area contributed by atoms with Gasteiger partial charge in [0.25, 0.3) is 0 Å². The van der Waals surface area contributed by atoms with Crippen molar-refractivity contribution in [2.45, 2.75) is 6.54 Å². The molecular weight excluding hydrogens is 280 g/mol. The highest BCUT2D eigenvalue weighted by atomic mass is 16.5. The molecule has 0 aliphatic heterocycles. The van der Waals surface area contributed by atoms with E-state index in [0.29, 0.717) is 18.2 Å². The minimum Gasteiger partial charge on any atom is -0.481 e. The number of hydrogen-bond acceptors (Lipinski definition) is 6. The number of para-hydroxylation sites is 2. The molecule has 1 aromatic carbocycles. The van der Waals surface area contributed by atoms with Crippen LogP contribution in [0.3, 0.4) is 0 Å². The first-order chi connectivity index (χ1) is 10.6. The molecule has 114 valence electrons. The largest absolute Gasteiger partial charge is 0.481 e. The second-order valence-corrected chi connectivity index (χ2v) is 5.06. The van der Waals surface area contributed by atoms with Crippen molar-refractivity contribution in [3.05, 3.63) is 36.2 Å². The van der Waals surface area contributed by atoms with Crippen LogP contribution in [-0.4, -0.2) is 33.7 Å². The van der Waals surface area contributed by atoms with Crippen molar-refractivity contribution >= 4 is 22.8 Å². The summed E-state index contributed by atoms with van der Waals surface area (Å²) in [6.07, 6.45) is 0. The number of benzene rings is 1. The van der Waals surface area contributed by atoms with E-state index in [0.717, 1.165) is 16.9 Å². The van der Waals surface area contributed by atoms with Gasteiger partial charge in [-0.15, -0.1) is 0 Å². The lowest BCUT2D eigenvalue weighted by atomic mass is 10.3. The van der Waals surface area contributed by atoms with Gasteiger partial charge in [0.15, 0.2) is 0 Å². The zero-order chi connectivity index (χ0) is 15.7. The first-order valence-electron chi connectivity index (χ1n) is 6.88. The van der Waals surface area contributed by atoms with Crippen LogP contribution in [0.15, 0.2) is 30.3 Å². The number of aryl methyl sites for hydroxylation is 1. The van der Waals surface area contributed by atoms with Gasteiger partial charge in [0.1, 0.15) is 11.6 Å². The molecule has 3 rings (SSSR count). The van der Waals surface area contributed by atoms with Gasteiger partial charge in [0, 0.05) is 20.2 Å². The summed E-state index contributed by atoms with van der Waals surface area (Å²) in [5.74, 6) is 2.27. The molecular formula is C15H18N6O. The Hall–Kier alpha value is -2.83. The molecule has 0 radical (unpaired) electrons. The Morgan fingerprint density at radius 2 is 2.00 bits per heavy atom. The molecule has 0 amide bonds. The average Bonchev–Trinajstić information content (AvgIpc) is 2.83. The van der Waals surface area contributed by atoms with Gasteiger partial charge in [0.05, 0.1) is 24.7 Å². The van der Waals surface area contributed by atoms with Crippen LogP contribution in [-0.2, 0) is 13.6 Å². The van der Waals surface area contributed by atoms with Gasteiger partial charge in [-0.3, -0.25) is 0 Å². The van der Waals surface area contributed by atoms with Crippen molar-refractivity contribution < 1.29 is 4.74 Å². The number of hydrogen-bond donors (Lipinski definition) is 1. The third kappa shape index (κ3) is 2.52. The van der Waals surface area contributed by atoms with E-state index in [1.165, 1.54) is 0 Å². The molecule has 0 saturated heterocycles. The van der Waals surface area contributed by atoms with Gasteiger partial charge in [-0.1, -0.05) is 12.1 Å². The van der Waals surface area contributed by atoms with Crippen LogP contribution in [0.1, 0.15) is 5.82 Å². The predicted molar refractivity (Wildman–Crippen MR) is 85.8 cm³/mol. The van der Waals surface area contributed by atoms with Crippen LogP contribution in [0, 0.1) is 0 Å². The van der Waals surface area contributed by atoms with Gasteiger partial charge in [0.2, 0.25) is 11.8 Å². The zero-order valence-electron chi connectivity index (χ0n) is 12.8. The van der Waals surface area contributed by atoms with Crippen molar-refractivity contribution in [1.82, 2.24) is 19.5 Å². The van der Waals surface area contributed by atoms with Crippen LogP contribution in [0.2, 0.25) is 0 Å². The molecule has 7 heteroatoms. The summed E-state index contributed by atoms with van der Waals surface area (Å²) >= 11 is 0. The van der Waals surface area contributed by atoms with E-state index in [9.17, 15) is 0 Å². The fourth-order valence-electron chi connectivity index (χ4n) is 2.36. The van der Waals surface area contributed by atoms with Crippen LogP contribution in [0.25, 0.3) is 11.0 Å². The first kappa shape index (κ1) is 14.1. The summed E-state index contributed by atoms with van der Waals surface area (Å²) in [5.41, 5.74) is 7.79. The number of methoxy groups -OCH3 is 1. The van der Waals surface area contributed by atoms with E-state index in [4.69, 9.17) is 10.5 Å². The molecule has 0 bridgehead atoms. The van der Waals surface area contributed by atoms with Crippen LogP contribution in [0.5, 0.6) is 5.88 Å². The number of aromatic nitrogens is 4. The molecule has 22 heavy (non-hydrogen) atoms. The normalized spacial score (nSPS) is 10.9. The van der Waals surface area contributed by atoms with E-state index in [2.05, 4.69) is 25.6 Å². The maximum absolute atomic E-state index is 5.71. The molecule has 2 aromatic heterocycles. The second-order valence-electron chi connectivity index (χ2n) is 5.06. The maximum Gasteiger partial charge on any atom is 0.225 e. The SMILES string of the molecule is COc1cc(N(C)Cc2nc3ccccc3n2C)nc(N)n1. The van der Waals surface area contributed by atoms with E-state index in [1.54, 1.807) is 13.2 Å². The number of imidazole rings is 1. The van der Waals surface area contributed by atoms with E-state index < -0.39 is 0 Å². The number of ether oxygens (including phenoxy) is 1. The summed E-state index contributed by atoms with van der Waals surface area (Å²) in [7, 11) is 5.49. The standard InChI is InChI=1S/C15H18N6O/c1-20(12-8-14(22-3)19-15(16)18-12)9-13-17-10-6-4-5-7-11(10)21(13)2/h4-8H,9H2,1-3H3,(H2,16,18,19). The molecule has 0 saturated carbocycles. The Balaban J connectivity index is 1.91. The number of rotatable bonds is 4. The van der Waals surface area contributed by atoms with Gasteiger partial charge >= 0.3 is 0 Å². The van der Waals surface area contributed by atoms with E-state index >= 15 is 0 Å². The van der Waals surface area contributed by atoms with Gasteiger partial charge in [-0.25, -0.2) is 4.98 Å². The van der Waals surface area contributed by atoms with Crippen LogP contribution in [0.4, 0.5) is 11.8 Å². The van der Waals surface area contributed by atoms with Crippen molar-refractivity contribution in [3.63, 3.8) is 0 Å². The Kier molecular flexibility index (Phi) is 3.54. The van der Waals surface area contributed by atoms with Gasteiger partial charge in [-0.2, -0.15) is 9.97 Å². The third-order valence-corrected chi connectivity index (χ3v) is 3.57. The minimum atomic E-state index is 0.186. The predicted octanol–water partition coefficient (Wildman–Crippen LogP) is 1.59. The molecule has 0 fully saturated rings. The summed E-state index contributed by atoms with van der Waals surface area (Å²) < 4.78 is 7.21. The number of fused-ring (bicyclic) bond motifs is 1. The number of nitrogens with zero attached hydrogens (tertiary/aromatic N) is 5. The van der Waals surface area contributed by atoms with Crippen molar-refractivity contribution in [1.29, 1.82) is 0 Å². The number of anilines is 2. The highest BCUT2D eigenvalue weighted by Gasteiger charge is 2.12. The van der Waals surface area contributed by atoms with E-state index in [-0.39, 0.29) is 5.95 Å². The lowest BCUT2D eigenvalue weighted by molar-refractivity contribution is 0.397. The third-order valence-electron chi connectivity index (χ3n) is 3.57. The van der Waals surface area contributed by atoms with Gasteiger partial charge < -0.3 is 19.9 Å². The second kappa shape index (κ2) is 5.51. The summed E-state index contributed by atoms with van der Waals surface area (Å²) in [6.45, 7) is 0.602. The Labute approximate surface area is 128 Å². The quantitative estimate of drug-likeness (QED) is 0.787. The average molecular weight is 298 g/mol. The maximum atomic E-state index is 5.71. The molecule has 2 heterocycles. The molecule has 0 unspecified atom stereocenters. The Morgan fingerprint density at radius 3 is 2.73 bits per heavy atom. The highest BCUT2D eigenvalue weighted by Crippen LogP contribution is 2.20. The lowest BCUT2D eigenvalue weighted by Crippen LogP contribution is -2.20. The van der Waals surface area contributed by atoms with Crippen molar-refractivity contribution in [2.75, 3.05) is 24.8 Å². The van der Waals surface area contributed by atoms with E-state index in [1.807, 2.05) is 37.2 Å². The molecule has 3 aromatic rings. The monoisotopic (exact) mass is 298 g/mol. The summed E-state index contributed by atoms with van der Waals surface area (Å²) in [6, 6.07) is 9.80. The molecule has 7 nitrogen and oxygen atoms in total. The smallest absolute Gasteiger partial charge is 0.225 e. The van der Waals surface area contributed by atoms with Crippen LogP contribution >= 0.6 is 0 Å². The number of nitrogen functional groups attached to an aromatic ring is 1. The molecule has 0 atom stereocenters. The molecule has 0 aliphatic rings. The number of nitrogens with two attached hydrogens (primary N) is 1. The summed E-state index contributed by atoms with van der Waals surface area (Å²) in [5, 5.41) is 0. The highest BCUT2D eigenvalue weighted by molar-refractivity contribution is 5.75. The Morgan fingerprint density at radius 1 is 1.23 bits per heavy atom. The topological polar surface area (TPSA) is 82.1 Å². The zero-order valence-corrected chi connectivity index (χ0v) is 12.8. The fourth-order valence-corrected chi connectivity index (χ4v) is 2.36.